The minimum atomic E-state index is 1.25. The first-order valence-corrected chi connectivity index (χ1v) is 10.8. The number of hydrogen-bond acceptors (Lipinski definition) is 6. The Kier molecular flexibility index (Phi) is 8.02. The highest BCUT2D eigenvalue weighted by molar-refractivity contribution is 8.03. The van der Waals surface area contributed by atoms with Crippen molar-refractivity contribution < 1.29 is 0 Å². The third kappa shape index (κ3) is 6.34. The zero-order chi connectivity index (χ0) is 11.8. The molecule has 0 saturated carbocycles. The summed E-state index contributed by atoms with van der Waals surface area (Å²) in [6, 6.07) is 0. The van der Waals surface area contributed by atoms with Crippen LogP contribution in [-0.4, -0.2) is 69.4 Å². The van der Waals surface area contributed by atoms with Crippen molar-refractivity contribution in [3.05, 3.63) is 0 Å². The van der Waals surface area contributed by atoms with Crippen LogP contribution in [0, 0.1) is 0 Å². The zero-order valence-corrected chi connectivity index (χ0v) is 13.6. The van der Waals surface area contributed by atoms with Gasteiger partial charge in [0.05, 0.1) is 0 Å². The second kappa shape index (κ2) is 9.26. The Morgan fingerprint density at radius 1 is 0.588 bits per heavy atom. The highest BCUT2D eigenvalue weighted by Crippen LogP contribution is 2.19. The van der Waals surface area contributed by atoms with E-state index in [4.69, 9.17) is 0 Å². The molecule has 0 unspecified atom stereocenters. The molecule has 2 aliphatic heterocycles. The molecule has 2 nitrogen and oxygen atoms in total. The topological polar surface area (TPSA) is 6.48 Å². The van der Waals surface area contributed by atoms with Gasteiger partial charge in [0.2, 0.25) is 0 Å². The maximum Gasteiger partial charge on any atom is 0.0452 e. The molecule has 0 amide bonds. The fourth-order valence-corrected chi connectivity index (χ4v) is 6.41. The van der Waals surface area contributed by atoms with E-state index in [0.29, 0.717) is 0 Å². The molecule has 2 rings (SSSR count). The van der Waals surface area contributed by atoms with Gasteiger partial charge in [-0.15, -0.1) is 47.0 Å². The molecule has 0 aromatic carbocycles. The monoisotopic (exact) mass is 310 g/mol. The van der Waals surface area contributed by atoms with Crippen LogP contribution in [0.5, 0.6) is 0 Å². The molecule has 0 aromatic heterocycles. The van der Waals surface area contributed by atoms with Gasteiger partial charge in [-0.2, -0.15) is 0 Å². The van der Waals surface area contributed by atoms with E-state index >= 15 is 0 Å². The smallest absolute Gasteiger partial charge is 0.0452 e. The molecular formula is C11H22N2S4. The van der Waals surface area contributed by atoms with E-state index in [2.05, 4.69) is 56.8 Å². The van der Waals surface area contributed by atoms with Crippen LogP contribution in [0.3, 0.4) is 0 Å². The average molecular weight is 311 g/mol. The van der Waals surface area contributed by atoms with Gasteiger partial charge in [-0.3, -0.25) is 9.80 Å². The van der Waals surface area contributed by atoms with Gasteiger partial charge in [-0.25, -0.2) is 0 Å². The predicted molar refractivity (Wildman–Crippen MR) is 87.3 cm³/mol. The largest absolute Gasteiger partial charge is 0.285 e. The van der Waals surface area contributed by atoms with E-state index in [1.165, 1.54) is 66.0 Å². The molecule has 0 radical (unpaired) electrons. The van der Waals surface area contributed by atoms with E-state index < -0.39 is 0 Å². The summed E-state index contributed by atoms with van der Waals surface area (Å²) >= 11 is 8.39. The molecule has 0 atom stereocenters. The third-order valence-electron chi connectivity index (χ3n) is 2.79. The number of hydrogen-bond donors (Lipinski definition) is 0. The first-order valence-electron chi connectivity index (χ1n) is 6.21. The van der Waals surface area contributed by atoms with Crippen molar-refractivity contribution in [1.82, 2.24) is 9.80 Å². The summed E-state index contributed by atoms with van der Waals surface area (Å²) in [4.78, 5) is 5.22. The van der Waals surface area contributed by atoms with Crippen molar-refractivity contribution >= 4 is 47.0 Å². The minimum absolute atomic E-state index is 1.25. The zero-order valence-electron chi connectivity index (χ0n) is 10.3. The highest BCUT2D eigenvalue weighted by Gasteiger charge is 2.12. The molecule has 2 heterocycles. The average Bonchev–Trinajstić information content (AvgIpc) is 2.73. The van der Waals surface area contributed by atoms with Crippen LogP contribution >= 0.6 is 47.0 Å². The first-order chi connectivity index (χ1) is 8.45. The van der Waals surface area contributed by atoms with Crippen LogP contribution < -0.4 is 0 Å². The van der Waals surface area contributed by atoms with Crippen molar-refractivity contribution in [3.8, 4) is 0 Å². The van der Waals surface area contributed by atoms with Crippen LogP contribution in [0.15, 0.2) is 0 Å². The van der Waals surface area contributed by atoms with Gasteiger partial charge in [-0.05, 0) is 6.42 Å². The van der Waals surface area contributed by atoms with Crippen molar-refractivity contribution in [2.45, 2.75) is 6.42 Å². The molecule has 17 heavy (non-hydrogen) atoms. The van der Waals surface area contributed by atoms with Gasteiger partial charge in [0.25, 0.3) is 0 Å². The van der Waals surface area contributed by atoms with Gasteiger partial charge in [0, 0.05) is 59.6 Å². The molecule has 2 saturated heterocycles. The standard InChI is InChI=1S/C11H22N2S4/c1(2-12-8-14-4-5-15-9-12)3-13-10-16-6-7-17-11-13/h1-11H2. The fraction of sp³-hybridized carbons (Fsp3) is 1.00. The second-order valence-corrected chi connectivity index (χ2v) is 8.59. The molecule has 2 fully saturated rings. The van der Waals surface area contributed by atoms with E-state index in [1.54, 1.807) is 0 Å². The molecule has 0 aliphatic carbocycles. The van der Waals surface area contributed by atoms with Crippen LogP contribution in [0.25, 0.3) is 0 Å². The van der Waals surface area contributed by atoms with Gasteiger partial charge in [0.1, 0.15) is 0 Å². The number of thioether (sulfide) groups is 4. The van der Waals surface area contributed by atoms with Crippen molar-refractivity contribution in [2.24, 2.45) is 0 Å². The quantitative estimate of drug-likeness (QED) is 0.782. The van der Waals surface area contributed by atoms with Crippen molar-refractivity contribution in [1.29, 1.82) is 0 Å². The Bertz CT molecular complexity index is 170. The summed E-state index contributed by atoms with van der Waals surface area (Å²) in [7, 11) is 0. The van der Waals surface area contributed by atoms with E-state index in [1.807, 2.05) is 0 Å². The lowest BCUT2D eigenvalue weighted by Gasteiger charge is -2.22. The summed E-state index contributed by atoms with van der Waals surface area (Å²) in [5, 5.41) is 0. The normalized spacial score (nSPS) is 25.4. The SMILES string of the molecule is C(CN1CSCCSC1)CN1CSCCSC1. The van der Waals surface area contributed by atoms with Crippen molar-refractivity contribution in [3.63, 3.8) is 0 Å². The van der Waals surface area contributed by atoms with Crippen LogP contribution in [-0.2, 0) is 0 Å². The lowest BCUT2D eigenvalue weighted by atomic mass is 10.4. The molecule has 2 aliphatic rings. The molecule has 0 spiro atoms. The maximum absolute atomic E-state index is 2.61. The Hall–Kier alpha value is 1.32. The predicted octanol–water partition coefficient (Wildman–Crippen LogP) is 2.77. The molecule has 100 valence electrons. The summed E-state index contributed by atoms with van der Waals surface area (Å²) in [6.07, 6.45) is 1.34. The molecule has 6 heteroatoms. The van der Waals surface area contributed by atoms with E-state index in [9.17, 15) is 0 Å². The first kappa shape index (κ1) is 14.7. The summed E-state index contributed by atoms with van der Waals surface area (Å²) in [6.45, 7) is 2.57. The Morgan fingerprint density at radius 2 is 0.941 bits per heavy atom. The number of nitrogens with zero attached hydrogens (tertiary/aromatic N) is 2. The maximum atomic E-state index is 2.61. The lowest BCUT2D eigenvalue weighted by Crippen LogP contribution is -2.29. The molecule has 0 aromatic rings. The molecule has 0 N–H and O–H groups in total. The lowest BCUT2D eigenvalue weighted by molar-refractivity contribution is 0.314. The summed E-state index contributed by atoms with van der Waals surface area (Å²) < 4.78 is 0. The van der Waals surface area contributed by atoms with E-state index in [0.717, 1.165) is 0 Å². The van der Waals surface area contributed by atoms with Gasteiger partial charge >= 0.3 is 0 Å². The Morgan fingerprint density at radius 3 is 1.29 bits per heavy atom. The van der Waals surface area contributed by atoms with Crippen LogP contribution in [0.2, 0.25) is 0 Å². The van der Waals surface area contributed by atoms with Gasteiger partial charge < -0.3 is 0 Å². The van der Waals surface area contributed by atoms with Crippen LogP contribution in [0.4, 0.5) is 0 Å². The van der Waals surface area contributed by atoms with E-state index in [-0.39, 0.29) is 0 Å². The summed E-state index contributed by atoms with van der Waals surface area (Å²) in [5.74, 6) is 10.3. The Labute approximate surface area is 122 Å². The van der Waals surface area contributed by atoms with Gasteiger partial charge in [-0.1, -0.05) is 0 Å². The fourth-order valence-electron chi connectivity index (χ4n) is 1.86. The highest BCUT2D eigenvalue weighted by atomic mass is 32.2. The number of rotatable bonds is 4. The van der Waals surface area contributed by atoms with Crippen LogP contribution in [0.1, 0.15) is 6.42 Å². The molecular weight excluding hydrogens is 288 g/mol. The van der Waals surface area contributed by atoms with Gasteiger partial charge in [0.15, 0.2) is 0 Å². The van der Waals surface area contributed by atoms with Crippen molar-refractivity contribution in [2.75, 3.05) is 59.6 Å². The molecule has 0 bridgehead atoms. The Balaban J connectivity index is 1.57. The second-order valence-electron chi connectivity index (χ2n) is 4.29. The summed E-state index contributed by atoms with van der Waals surface area (Å²) in [5.41, 5.74) is 0. The third-order valence-corrected chi connectivity index (χ3v) is 7.47. The minimum Gasteiger partial charge on any atom is -0.285 e.